The van der Waals surface area contributed by atoms with Crippen LogP contribution in [-0.4, -0.2) is 21.0 Å². The van der Waals surface area contributed by atoms with Crippen LogP contribution < -0.4 is 9.44 Å². The highest BCUT2D eigenvalue weighted by Crippen LogP contribution is 2.24. The Hall–Kier alpha value is -0.130. The Kier molecular flexibility index (Phi) is 4.34. The minimum Gasteiger partial charge on any atom is -0.202 e. The quantitative estimate of drug-likeness (QED) is 0.726. The lowest BCUT2D eigenvalue weighted by atomic mass is 10.1. The second-order valence-electron chi connectivity index (χ2n) is 4.13. The predicted octanol–water partition coefficient (Wildman–Crippen LogP) is 1.01. The summed E-state index contributed by atoms with van der Waals surface area (Å²) in [5.74, 6) is 0.647. The lowest BCUT2D eigenvalue weighted by Gasteiger charge is -2.13. The first-order valence-electron chi connectivity index (χ1n) is 5.30. The van der Waals surface area contributed by atoms with Gasteiger partial charge in [-0.05, 0) is 31.6 Å². The molecule has 0 aromatic carbocycles. The van der Waals surface area contributed by atoms with Crippen LogP contribution >= 0.6 is 0 Å². The maximum Gasteiger partial charge on any atom is 0.277 e. The van der Waals surface area contributed by atoms with Crippen molar-refractivity contribution in [1.82, 2.24) is 9.44 Å². The van der Waals surface area contributed by atoms with Crippen molar-refractivity contribution in [3.63, 3.8) is 0 Å². The molecule has 0 spiro atoms. The molecule has 0 aromatic heterocycles. The summed E-state index contributed by atoms with van der Waals surface area (Å²) < 4.78 is 28.1. The summed E-state index contributed by atoms with van der Waals surface area (Å²) in [6, 6.07) is 0.138. The van der Waals surface area contributed by atoms with Crippen LogP contribution in [0.4, 0.5) is 0 Å². The Labute approximate surface area is 86.6 Å². The molecule has 0 aliphatic heterocycles. The standard InChI is InChI=1S/C9H20N2O2S/c1-3-6-10-14(12,13)11-9-5-4-8(2)7-9/h8-11H,3-7H2,1-2H3. The summed E-state index contributed by atoms with van der Waals surface area (Å²) in [6.45, 7) is 4.62. The van der Waals surface area contributed by atoms with Crippen molar-refractivity contribution in [2.45, 2.75) is 45.6 Å². The Bertz CT molecular complexity index is 264. The molecule has 5 heteroatoms. The maximum atomic E-state index is 11.4. The summed E-state index contributed by atoms with van der Waals surface area (Å²) in [4.78, 5) is 0. The first-order chi connectivity index (χ1) is 6.53. The van der Waals surface area contributed by atoms with E-state index in [1.165, 1.54) is 0 Å². The van der Waals surface area contributed by atoms with E-state index in [-0.39, 0.29) is 6.04 Å². The van der Waals surface area contributed by atoms with Gasteiger partial charge in [0.15, 0.2) is 0 Å². The van der Waals surface area contributed by atoms with E-state index in [4.69, 9.17) is 0 Å². The molecule has 1 fully saturated rings. The van der Waals surface area contributed by atoms with Gasteiger partial charge < -0.3 is 0 Å². The monoisotopic (exact) mass is 220 g/mol. The second kappa shape index (κ2) is 5.09. The lowest BCUT2D eigenvalue weighted by Crippen LogP contribution is -2.41. The number of hydrogen-bond donors (Lipinski definition) is 2. The van der Waals surface area contributed by atoms with E-state index in [1.807, 2.05) is 6.92 Å². The van der Waals surface area contributed by atoms with Crippen molar-refractivity contribution >= 4 is 10.2 Å². The van der Waals surface area contributed by atoms with Gasteiger partial charge in [0.2, 0.25) is 0 Å². The van der Waals surface area contributed by atoms with E-state index in [1.54, 1.807) is 0 Å². The average Bonchev–Trinajstić information content (AvgIpc) is 2.47. The minimum absolute atomic E-state index is 0.138. The molecule has 1 saturated carbocycles. The Morgan fingerprint density at radius 3 is 2.57 bits per heavy atom. The predicted molar refractivity (Wildman–Crippen MR) is 57.2 cm³/mol. The fraction of sp³-hybridized carbons (Fsp3) is 1.00. The molecule has 14 heavy (non-hydrogen) atoms. The van der Waals surface area contributed by atoms with E-state index in [0.717, 1.165) is 25.7 Å². The first kappa shape index (κ1) is 11.9. The van der Waals surface area contributed by atoms with Crippen LogP contribution in [0.15, 0.2) is 0 Å². The molecule has 0 aromatic rings. The molecular weight excluding hydrogens is 200 g/mol. The zero-order valence-corrected chi connectivity index (χ0v) is 9.73. The van der Waals surface area contributed by atoms with Crippen LogP contribution in [0.5, 0.6) is 0 Å². The SMILES string of the molecule is CCCNS(=O)(=O)NC1CCC(C)C1. The van der Waals surface area contributed by atoms with Crippen LogP contribution in [-0.2, 0) is 10.2 Å². The molecule has 0 bridgehead atoms. The van der Waals surface area contributed by atoms with Crippen LogP contribution in [0.3, 0.4) is 0 Å². The summed E-state index contributed by atoms with van der Waals surface area (Å²) in [5.41, 5.74) is 0. The van der Waals surface area contributed by atoms with Crippen molar-refractivity contribution in [2.24, 2.45) is 5.92 Å². The van der Waals surface area contributed by atoms with E-state index in [0.29, 0.717) is 12.5 Å². The van der Waals surface area contributed by atoms with E-state index in [9.17, 15) is 8.42 Å². The molecule has 1 rings (SSSR count). The highest BCUT2D eigenvalue weighted by Gasteiger charge is 2.24. The average molecular weight is 220 g/mol. The van der Waals surface area contributed by atoms with Gasteiger partial charge in [-0.1, -0.05) is 13.8 Å². The Morgan fingerprint density at radius 2 is 2.07 bits per heavy atom. The highest BCUT2D eigenvalue weighted by molar-refractivity contribution is 7.87. The topological polar surface area (TPSA) is 58.2 Å². The molecule has 0 heterocycles. The van der Waals surface area contributed by atoms with Gasteiger partial charge in [0.25, 0.3) is 10.2 Å². The normalized spacial score (nSPS) is 28.1. The van der Waals surface area contributed by atoms with Gasteiger partial charge in [0.1, 0.15) is 0 Å². The van der Waals surface area contributed by atoms with E-state index < -0.39 is 10.2 Å². The number of hydrogen-bond acceptors (Lipinski definition) is 2. The third-order valence-electron chi connectivity index (χ3n) is 2.56. The Morgan fingerprint density at radius 1 is 1.36 bits per heavy atom. The summed E-state index contributed by atoms with van der Waals surface area (Å²) in [7, 11) is -3.25. The molecule has 2 unspecified atom stereocenters. The van der Waals surface area contributed by atoms with Crippen LogP contribution in [0, 0.1) is 5.92 Å². The number of rotatable bonds is 5. The zero-order chi connectivity index (χ0) is 10.6. The van der Waals surface area contributed by atoms with Gasteiger partial charge in [-0.3, -0.25) is 0 Å². The summed E-state index contributed by atoms with van der Waals surface area (Å²) in [5, 5.41) is 0. The molecule has 2 N–H and O–H groups in total. The number of nitrogens with one attached hydrogen (secondary N) is 2. The van der Waals surface area contributed by atoms with E-state index in [2.05, 4.69) is 16.4 Å². The zero-order valence-electron chi connectivity index (χ0n) is 8.91. The second-order valence-corrected chi connectivity index (χ2v) is 5.66. The summed E-state index contributed by atoms with van der Waals surface area (Å²) in [6.07, 6.45) is 3.88. The van der Waals surface area contributed by atoms with Crippen molar-refractivity contribution in [3.8, 4) is 0 Å². The van der Waals surface area contributed by atoms with Crippen molar-refractivity contribution in [1.29, 1.82) is 0 Å². The third kappa shape index (κ3) is 3.94. The van der Waals surface area contributed by atoms with Crippen LogP contribution in [0.2, 0.25) is 0 Å². The molecule has 0 saturated heterocycles. The van der Waals surface area contributed by atoms with Gasteiger partial charge >= 0.3 is 0 Å². The summed E-state index contributed by atoms with van der Waals surface area (Å²) >= 11 is 0. The first-order valence-corrected chi connectivity index (χ1v) is 6.78. The van der Waals surface area contributed by atoms with Crippen molar-refractivity contribution in [2.75, 3.05) is 6.54 Å². The molecule has 0 amide bonds. The third-order valence-corrected chi connectivity index (χ3v) is 3.79. The van der Waals surface area contributed by atoms with Gasteiger partial charge in [-0.2, -0.15) is 13.1 Å². The molecule has 4 nitrogen and oxygen atoms in total. The van der Waals surface area contributed by atoms with Gasteiger partial charge in [0, 0.05) is 12.6 Å². The minimum atomic E-state index is -3.25. The van der Waals surface area contributed by atoms with Crippen LogP contribution in [0.25, 0.3) is 0 Å². The van der Waals surface area contributed by atoms with Crippen molar-refractivity contribution in [3.05, 3.63) is 0 Å². The largest absolute Gasteiger partial charge is 0.277 e. The van der Waals surface area contributed by atoms with Gasteiger partial charge in [0.05, 0.1) is 0 Å². The van der Waals surface area contributed by atoms with Crippen LogP contribution in [0.1, 0.15) is 39.5 Å². The maximum absolute atomic E-state index is 11.4. The van der Waals surface area contributed by atoms with Crippen molar-refractivity contribution < 1.29 is 8.42 Å². The molecule has 0 radical (unpaired) electrons. The lowest BCUT2D eigenvalue weighted by molar-refractivity contribution is 0.528. The fourth-order valence-corrected chi connectivity index (χ4v) is 3.02. The highest BCUT2D eigenvalue weighted by atomic mass is 32.2. The molecule has 2 atom stereocenters. The smallest absolute Gasteiger partial charge is 0.202 e. The van der Waals surface area contributed by atoms with Gasteiger partial charge in [-0.15, -0.1) is 0 Å². The fourth-order valence-electron chi connectivity index (χ4n) is 1.81. The molecule has 1 aliphatic carbocycles. The molecular formula is C9H20N2O2S. The Balaban J connectivity index is 2.35. The molecule has 84 valence electrons. The molecule has 1 aliphatic rings. The van der Waals surface area contributed by atoms with Gasteiger partial charge in [-0.25, -0.2) is 4.72 Å². The van der Waals surface area contributed by atoms with E-state index >= 15 is 0 Å².